The third kappa shape index (κ3) is 3.64. The lowest BCUT2D eigenvalue weighted by molar-refractivity contribution is 0.0390. The summed E-state index contributed by atoms with van der Waals surface area (Å²) >= 11 is 0. The summed E-state index contributed by atoms with van der Waals surface area (Å²) < 4.78 is 13.1. The molecule has 1 aliphatic heterocycles. The number of hydrogen-bond donors (Lipinski definition) is 0. The SMILES string of the molecule is CN1CCN(CCC(=O)c2cccc(F)c2)CC1(C)C. The lowest BCUT2D eigenvalue weighted by atomic mass is 9.99. The number of Topliss-reactive ketones (excluding diaryl/α,β-unsaturated/α-hetero) is 1. The first-order chi connectivity index (χ1) is 9.38. The summed E-state index contributed by atoms with van der Waals surface area (Å²) in [4.78, 5) is 16.7. The molecule has 0 bridgehead atoms. The zero-order chi connectivity index (χ0) is 14.8. The van der Waals surface area contributed by atoms with Gasteiger partial charge in [-0.15, -0.1) is 0 Å². The number of carbonyl (C=O) groups excluding carboxylic acids is 1. The van der Waals surface area contributed by atoms with Crippen LogP contribution in [-0.2, 0) is 0 Å². The molecular weight excluding hydrogens is 255 g/mol. The minimum atomic E-state index is -0.350. The maximum Gasteiger partial charge on any atom is 0.164 e. The zero-order valence-electron chi connectivity index (χ0n) is 12.5. The highest BCUT2D eigenvalue weighted by Gasteiger charge is 2.30. The van der Waals surface area contributed by atoms with Gasteiger partial charge in [0, 0.05) is 43.7 Å². The van der Waals surface area contributed by atoms with Crippen LogP contribution < -0.4 is 0 Å². The molecule has 1 heterocycles. The zero-order valence-corrected chi connectivity index (χ0v) is 12.5. The Kier molecular flexibility index (Phi) is 4.55. The number of halogens is 1. The number of hydrogen-bond acceptors (Lipinski definition) is 3. The summed E-state index contributed by atoms with van der Waals surface area (Å²) in [7, 11) is 2.13. The number of rotatable bonds is 4. The van der Waals surface area contributed by atoms with Crippen molar-refractivity contribution in [2.45, 2.75) is 25.8 Å². The molecule has 0 radical (unpaired) electrons. The lowest BCUT2D eigenvalue weighted by Crippen LogP contribution is -2.57. The molecule has 3 nitrogen and oxygen atoms in total. The molecule has 0 N–H and O–H groups in total. The van der Waals surface area contributed by atoms with Gasteiger partial charge in [0.2, 0.25) is 0 Å². The number of nitrogens with zero attached hydrogens (tertiary/aromatic N) is 2. The summed E-state index contributed by atoms with van der Waals surface area (Å²) in [6.07, 6.45) is 0.448. The van der Waals surface area contributed by atoms with Crippen molar-refractivity contribution in [3.05, 3.63) is 35.6 Å². The predicted octanol–water partition coefficient (Wildman–Crippen LogP) is 2.42. The molecule has 20 heavy (non-hydrogen) atoms. The first-order valence-corrected chi connectivity index (χ1v) is 7.11. The average Bonchev–Trinajstić information content (AvgIpc) is 2.39. The predicted molar refractivity (Wildman–Crippen MR) is 78.5 cm³/mol. The van der Waals surface area contributed by atoms with Crippen molar-refractivity contribution in [3.8, 4) is 0 Å². The van der Waals surface area contributed by atoms with Gasteiger partial charge in [-0.25, -0.2) is 4.39 Å². The molecule has 0 amide bonds. The molecular formula is C16H23FN2O. The van der Waals surface area contributed by atoms with Crippen molar-refractivity contribution in [3.63, 3.8) is 0 Å². The molecule has 2 rings (SSSR count). The first-order valence-electron chi connectivity index (χ1n) is 7.11. The van der Waals surface area contributed by atoms with Gasteiger partial charge >= 0.3 is 0 Å². The van der Waals surface area contributed by atoms with Crippen LogP contribution in [0.1, 0.15) is 30.6 Å². The summed E-state index contributed by atoms with van der Waals surface area (Å²) in [5.74, 6) is -0.335. The fraction of sp³-hybridized carbons (Fsp3) is 0.562. The maximum atomic E-state index is 13.1. The highest BCUT2D eigenvalue weighted by atomic mass is 19.1. The Morgan fingerprint density at radius 1 is 1.35 bits per heavy atom. The average molecular weight is 278 g/mol. The van der Waals surface area contributed by atoms with Crippen molar-refractivity contribution in [2.24, 2.45) is 0 Å². The monoisotopic (exact) mass is 278 g/mol. The third-order valence-corrected chi connectivity index (χ3v) is 4.20. The van der Waals surface area contributed by atoms with E-state index in [4.69, 9.17) is 0 Å². The van der Waals surface area contributed by atoms with Gasteiger partial charge in [0.1, 0.15) is 5.82 Å². The van der Waals surface area contributed by atoms with Gasteiger partial charge in [-0.05, 0) is 33.0 Å². The van der Waals surface area contributed by atoms with Gasteiger partial charge < -0.3 is 0 Å². The molecule has 1 fully saturated rings. The van der Waals surface area contributed by atoms with E-state index in [1.54, 1.807) is 12.1 Å². The standard InChI is InChI=1S/C16H23FN2O/c1-16(2)12-19(10-9-18(16)3)8-7-15(20)13-5-4-6-14(17)11-13/h4-6,11H,7-10,12H2,1-3H3. The minimum absolute atomic E-state index is 0.0150. The molecule has 110 valence electrons. The van der Waals surface area contributed by atoms with Crippen molar-refractivity contribution < 1.29 is 9.18 Å². The van der Waals surface area contributed by atoms with Crippen molar-refractivity contribution in [2.75, 3.05) is 33.2 Å². The molecule has 0 atom stereocenters. The number of benzene rings is 1. The Morgan fingerprint density at radius 2 is 2.10 bits per heavy atom. The number of carbonyl (C=O) groups is 1. The van der Waals surface area contributed by atoms with E-state index < -0.39 is 0 Å². The van der Waals surface area contributed by atoms with Gasteiger partial charge in [0.25, 0.3) is 0 Å². The molecule has 1 aliphatic rings. The van der Waals surface area contributed by atoms with Crippen LogP contribution in [0.25, 0.3) is 0 Å². The van der Waals surface area contributed by atoms with Crippen LogP contribution >= 0.6 is 0 Å². The molecule has 0 unspecified atom stereocenters. The number of ketones is 1. The Bertz CT molecular complexity index is 487. The number of likely N-dealkylation sites (N-methyl/N-ethyl adjacent to an activating group) is 1. The van der Waals surface area contributed by atoms with E-state index in [1.807, 2.05) is 0 Å². The summed E-state index contributed by atoms with van der Waals surface area (Å²) in [5.41, 5.74) is 0.610. The second-order valence-electron chi connectivity index (χ2n) is 6.19. The Balaban J connectivity index is 1.88. The van der Waals surface area contributed by atoms with Gasteiger partial charge in [-0.2, -0.15) is 0 Å². The summed E-state index contributed by atoms with van der Waals surface area (Å²) in [6, 6.07) is 5.94. The number of piperazine rings is 1. The topological polar surface area (TPSA) is 23.6 Å². The van der Waals surface area contributed by atoms with Crippen molar-refractivity contribution in [1.82, 2.24) is 9.80 Å². The fourth-order valence-electron chi connectivity index (χ4n) is 2.60. The van der Waals surface area contributed by atoms with E-state index in [0.29, 0.717) is 12.0 Å². The summed E-state index contributed by atoms with van der Waals surface area (Å²) in [6.45, 7) is 8.13. The van der Waals surface area contributed by atoms with Crippen molar-refractivity contribution >= 4 is 5.78 Å². The van der Waals surface area contributed by atoms with Crippen molar-refractivity contribution in [1.29, 1.82) is 0 Å². The normalized spacial score (nSPS) is 20.0. The maximum absolute atomic E-state index is 13.1. The van der Waals surface area contributed by atoms with Crippen LogP contribution in [0.5, 0.6) is 0 Å². The van der Waals surface area contributed by atoms with E-state index in [9.17, 15) is 9.18 Å². The molecule has 1 saturated heterocycles. The minimum Gasteiger partial charge on any atom is -0.300 e. The van der Waals surface area contributed by atoms with Crippen LogP contribution in [0.2, 0.25) is 0 Å². The second kappa shape index (κ2) is 6.02. The van der Waals surface area contributed by atoms with Crippen LogP contribution in [0.4, 0.5) is 4.39 Å². The molecule has 0 aromatic heterocycles. The van der Waals surface area contributed by atoms with Gasteiger partial charge in [0.15, 0.2) is 5.78 Å². The molecule has 0 aliphatic carbocycles. The molecule has 0 saturated carbocycles. The van der Waals surface area contributed by atoms with E-state index in [-0.39, 0.29) is 17.1 Å². The lowest BCUT2D eigenvalue weighted by Gasteiger charge is -2.45. The highest BCUT2D eigenvalue weighted by Crippen LogP contribution is 2.19. The van der Waals surface area contributed by atoms with Crippen LogP contribution in [0, 0.1) is 5.82 Å². The first kappa shape index (κ1) is 15.1. The molecule has 1 aromatic carbocycles. The van der Waals surface area contributed by atoms with Gasteiger partial charge in [0.05, 0.1) is 0 Å². The Morgan fingerprint density at radius 3 is 2.75 bits per heavy atom. The molecule has 1 aromatic rings. The third-order valence-electron chi connectivity index (χ3n) is 4.20. The summed E-state index contributed by atoms with van der Waals surface area (Å²) in [5, 5.41) is 0. The van der Waals surface area contributed by atoms with E-state index >= 15 is 0 Å². The van der Waals surface area contributed by atoms with Gasteiger partial charge in [-0.1, -0.05) is 12.1 Å². The van der Waals surface area contributed by atoms with E-state index in [2.05, 4.69) is 30.7 Å². The second-order valence-corrected chi connectivity index (χ2v) is 6.19. The quantitative estimate of drug-likeness (QED) is 0.790. The highest BCUT2D eigenvalue weighted by molar-refractivity contribution is 5.96. The van der Waals surface area contributed by atoms with Crippen LogP contribution in [0.3, 0.4) is 0 Å². The van der Waals surface area contributed by atoms with E-state index in [1.165, 1.54) is 12.1 Å². The van der Waals surface area contributed by atoms with Crippen LogP contribution in [-0.4, -0.2) is 54.3 Å². The largest absolute Gasteiger partial charge is 0.300 e. The van der Waals surface area contributed by atoms with E-state index in [0.717, 1.165) is 26.2 Å². The van der Waals surface area contributed by atoms with Crippen LogP contribution in [0.15, 0.2) is 24.3 Å². The Labute approximate surface area is 120 Å². The smallest absolute Gasteiger partial charge is 0.164 e. The Hall–Kier alpha value is -1.26. The van der Waals surface area contributed by atoms with Gasteiger partial charge in [-0.3, -0.25) is 14.6 Å². The molecule has 0 spiro atoms. The fourth-order valence-corrected chi connectivity index (χ4v) is 2.60. The molecule has 4 heteroatoms.